The summed E-state index contributed by atoms with van der Waals surface area (Å²) < 4.78 is 10.3. The van der Waals surface area contributed by atoms with E-state index in [1.165, 1.54) is 0 Å². The first-order valence-electron chi connectivity index (χ1n) is 4.81. The van der Waals surface area contributed by atoms with Gasteiger partial charge in [0.25, 0.3) is 0 Å². The lowest BCUT2D eigenvalue weighted by atomic mass is 9.98. The highest BCUT2D eigenvalue weighted by Gasteiger charge is 2.09. The van der Waals surface area contributed by atoms with Crippen molar-refractivity contribution in [3.63, 3.8) is 0 Å². The second kappa shape index (κ2) is 5.26. The van der Waals surface area contributed by atoms with Gasteiger partial charge in [-0.25, -0.2) is 0 Å². The fraction of sp³-hybridized carbons (Fsp3) is 0.417. The summed E-state index contributed by atoms with van der Waals surface area (Å²) in [4.78, 5) is 0. The molecule has 1 unspecified atom stereocenters. The van der Waals surface area contributed by atoms with E-state index in [0.29, 0.717) is 17.9 Å². The molecule has 3 heteroatoms. The SMILES string of the molecule is COc1ccc(C(C)CC#N)cc1OC. The first-order valence-corrected chi connectivity index (χ1v) is 4.81. The van der Waals surface area contributed by atoms with E-state index in [-0.39, 0.29) is 5.92 Å². The first kappa shape index (κ1) is 11.4. The molecule has 0 aliphatic rings. The van der Waals surface area contributed by atoms with Crippen LogP contribution < -0.4 is 9.47 Å². The molecule has 0 saturated carbocycles. The van der Waals surface area contributed by atoms with E-state index in [9.17, 15) is 0 Å². The average Bonchev–Trinajstić information content (AvgIpc) is 2.28. The maximum absolute atomic E-state index is 8.62. The largest absolute Gasteiger partial charge is 0.493 e. The van der Waals surface area contributed by atoms with Crippen LogP contribution in [0.1, 0.15) is 24.8 Å². The Morgan fingerprint density at radius 3 is 2.47 bits per heavy atom. The molecule has 0 heterocycles. The molecule has 0 fully saturated rings. The molecule has 0 aliphatic carbocycles. The predicted molar refractivity (Wildman–Crippen MR) is 58.2 cm³/mol. The van der Waals surface area contributed by atoms with Crippen LogP contribution in [0, 0.1) is 11.3 Å². The van der Waals surface area contributed by atoms with Gasteiger partial charge in [-0.15, -0.1) is 0 Å². The molecular weight excluding hydrogens is 190 g/mol. The number of benzene rings is 1. The van der Waals surface area contributed by atoms with E-state index in [4.69, 9.17) is 14.7 Å². The lowest BCUT2D eigenvalue weighted by Crippen LogP contribution is -1.95. The fourth-order valence-electron chi connectivity index (χ4n) is 1.41. The van der Waals surface area contributed by atoms with Crippen LogP contribution in [-0.2, 0) is 0 Å². The molecule has 3 nitrogen and oxygen atoms in total. The minimum atomic E-state index is 0.217. The van der Waals surface area contributed by atoms with Gasteiger partial charge in [-0.3, -0.25) is 0 Å². The topological polar surface area (TPSA) is 42.2 Å². The molecule has 1 aromatic rings. The molecule has 1 atom stereocenters. The minimum absolute atomic E-state index is 0.217. The van der Waals surface area contributed by atoms with E-state index in [2.05, 4.69) is 6.07 Å². The van der Waals surface area contributed by atoms with E-state index in [1.54, 1.807) is 14.2 Å². The van der Waals surface area contributed by atoms with Gasteiger partial charge >= 0.3 is 0 Å². The second-order valence-corrected chi connectivity index (χ2v) is 3.38. The average molecular weight is 205 g/mol. The normalized spacial score (nSPS) is 11.6. The van der Waals surface area contributed by atoms with Crippen molar-refractivity contribution >= 4 is 0 Å². The smallest absolute Gasteiger partial charge is 0.160 e. The molecule has 15 heavy (non-hydrogen) atoms. The molecule has 0 aliphatic heterocycles. The number of nitrogens with zero attached hydrogens (tertiary/aromatic N) is 1. The lowest BCUT2D eigenvalue weighted by Gasteiger charge is -2.12. The Hall–Kier alpha value is -1.69. The van der Waals surface area contributed by atoms with Crippen molar-refractivity contribution in [2.24, 2.45) is 0 Å². The Morgan fingerprint density at radius 1 is 1.27 bits per heavy atom. The van der Waals surface area contributed by atoms with Crippen molar-refractivity contribution in [1.29, 1.82) is 5.26 Å². The van der Waals surface area contributed by atoms with Crippen molar-refractivity contribution in [3.05, 3.63) is 23.8 Å². The zero-order valence-electron chi connectivity index (χ0n) is 9.28. The van der Waals surface area contributed by atoms with E-state index < -0.39 is 0 Å². The maximum Gasteiger partial charge on any atom is 0.160 e. The molecule has 0 aromatic heterocycles. The number of ether oxygens (including phenoxy) is 2. The van der Waals surface area contributed by atoms with Gasteiger partial charge in [0.05, 0.1) is 20.3 Å². The molecule has 0 spiro atoms. The maximum atomic E-state index is 8.62. The summed E-state index contributed by atoms with van der Waals surface area (Å²) in [5.74, 6) is 1.64. The van der Waals surface area contributed by atoms with Crippen molar-refractivity contribution in [2.45, 2.75) is 19.3 Å². The number of methoxy groups -OCH3 is 2. The highest BCUT2D eigenvalue weighted by molar-refractivity contribution is 5.43. The van der Waals surface area contributed by atoms with Gasteiger partial charge in [-0.05, 0) is 23.6 Å². The quantitative estimate of drug-likeness (QED) is 0.759. The molecule has 80 valence electrons. The molecule has 0 bridgehead atoms. The number of rotatable bonds is 4. The Balaban J connectivity index is 2.98. The number of hydrogen-bond acceptors (Lipinski definition) is 3. The summed E-state index contributed by atoms with van der Waals surface area (Å²) in [6, 6.07) is 7.90. The lowest BCUT2D eigenvalue weighted by molar-refractivity contribution is 0.354. The molecule has 0 N–H and O–H groups in total. The summed E-state index contributed by atoms with van der Waals surface area (Å²) in [5.41, 5.74) is 1.09. The Morgan fingerprint density at radius 2 is 1.93 bits per heavy atom. The van der Waals surface area contributed by atoms with Gasteiger partial charge < -0.3 is 9.47 Å². The summed E-state index contributed by atoms with van der Waals surface area (Å²) >= 11 is 0. The van der Waals surface area contributed by atoms with Gasteiger partial charge in [0.1, 0.15) is 0 Å². The van der Waals surface area contributed by atoms with Crippen molar-refractivity contribution in [3.8, 4) is 17.6 Å². The molecule has 0 saturated heterocycles. The zero-order chi connectivity index (χ0) is 11.3. The van der Waals surface area contributed by atoms with Gasteiger partial charge in [0.2, 0.25) is 0 Å². The number of nitriles is 1. The molecular formula is C12H15NO2. The fourth-order valence-corrected chi connectivity index (χ4v) is 1.41. The van der Waals surface area contributed by atoms with Gasteiger partial charge in [-0.1, -0.05) is 13.0 Å². The summed E-state index contributed by atoms with van der Waals surface area (Å²) in [5, 5.41) is 8.62. The molecule has 1 aromatic carbocycles. The standard InChI is InChI=1S/C12H15NO2/c1-9(6-7-13)10-4-5-11(14-2)12(8-10)15-3/h4-5,8-9H,6H2,1-3H3. The Kier molecular flexibility index (Phi) is 3.99. The van der Waals surface area contributed by atoms with Crippen LogP contribution in [0.4, 0.5) is 0 Å². The third-order valence-electron chi connectivity index (χ3n) is 2.37. The van der Waals surface area contributed by atoms with Gasteiger partial charge in [0.15, 0.2) is 11.5 Å². The number of hydrogen-bond donors (Lipinski definition) is 0. The van der Waals surface area contributed by atoms with Crippen molar-refractivity contribution in [1.82, 2.24) is 0 Å². The third kappa shape index (κ3) is 2.63. The van der Waals surface area contributed by atoms with E-state index in [1.807, 2.05) is 25.1 Å². The Labute approximate surface area is 90.2 Å². The van der Waals surface area contributed by atoms with Crippen LogP contribution in [0.3, 0.4) is 0 Å². The summed E-state index contributed by atoms with van der Waals surface area (Å²) in [6.07, 6.45) is 0.509. The molecule has 1 rings (SSSR count). The monoisotopic (exact) mass is 205 g/mol. The van der Waals surface area contributed by atoms with E-state index in [0.717, 1.165) is 5.56 Å². The van der Waals surface area contributed by atoms with Crippen LogP contribution in [0.5, 0.6) is 11.5 Å². The van der Waals surface area contributed by atoms with Crippen LogP contribution in [0.25, 0.3) is 0 Å². The second-order valence-electron chi connectivity index (χ2n) is 3.38. The highest BCUT2D eigenvalue weighted by Crippen LogP contribution is 2.31. The van der Waals surface area contributed by atoms with E-state index >= 15 is 0 Å². The minimum Gasteiger partial charge on any atom is -0.493 e. The van der Waals surface area contributed by atoms with Crippen LogP contribution >= 0.6 is 0 Å². The summed E-state index contributed by atoms with van der Waals surface area (Å²) in [7, 11) is 3.22. The van der Waals surface area contributed by atoms with Crippen molar-refractivity contribution < 1.29 is 9.47 Å². The zero-order valence-corrected chi connectivity index (χ0v) is 9.28. The summed E-state index contributed by atoms with van der Waals surface area (Å²) in [6.45, 7) is 2.02. The molecule has 0 radical (unpaired) electrons. The van der Waals surface area contributed by atoms with Crippen LogP contribution in [-0.4, -0.2) is 14.2 Å². The molecule has 0 amide bonds. The van der Waals surface area contributed by atoms with Crippen LogP contribution in [0.15, 0.2) is 18.2 Å². The first-order chi connectivity index (χ1) is 7.22. The highest BCUT2D eigenvalue weighted by atomic mass is 16.5. The van der Waals surface area contributed by atoms with Crippen molar-refractivity contribution in [2.75, 3.05) is 14.2 Å². The predicted octanol–water partition coefficient (Wildman–Crippen LogP) is 2.72. The third-order valence-corrected chi connectivity index (χ3v) is 2.37. The van der Waals surface area contributed by atoms with Gasteiger partial charge in [0, 0.05) is 6.42 Å². The Bertz CT molecular complexity index is 368. The van der Waals surface area contributed by atoms with Crippen LogP contribution in [0.2, 0.25) is 0 Å². The van der Waals surface area contributed by atoms with Gasteiger partial charge in [-0.2, -0.15) is 5.26 Å².